The Bertz CT molecular complexity index is 1130. The summed E-state index contributed by atoms with van der Waals surface area (Å²) in [5.41, 5.74) is 8.14. The molecular formula is C25H30N6O2. The van der Waals surface area contributed by atoms with Crippen LogP contribution in [0.5, 0.6) is 0 Å². The SMILES string of the molecule is Cc1ccc(N(C(=O)Cc2nc(N)n[nH]2)C2(C(=O)Nc3ccccc3C)CCCCC2)cc1. The van der Waals surface area contributed by atoms with Crippen LogP contribution in [-0.4, -0.2) is 32.5 Å². The predicted octanol–water partition coefficient (Wildman–Crippen LogP) is 3.92. The van der Waals surface area contributed by atoms with E-state index in [0.29, 0.717) is 24.4 Å². The third kappa shape index (κ3) is 4.74. The zero-order chi connectivity index (χ0) is 23.4. The lowest BCUT2D eigenvalue weighted by atomic mass is 9.78. The number of carbonyl (C=O) groups is 2. The van der Waals surface area contributed by atoms with E-state index in [2.05, 4.69) is 20.5 Å². The molecule has 8 nitrogen and oxygen atoms in total. The summed E-state index contributed by atoms with van der Waals surface area (Å²) in [6, 6.07) is 15.4. The summed E-state index contributed by atoms with van der Waals surface area (Å²) in [6.07, 6.45) is 3.91. The molecule has 1 aliphatic carbocycles. The van der Waals surface area contributed by atoms with Gasteiger partial charge in [-0.3, -0.25) is 19.6 Å². The van der Waals surface area contributed by atoms with Crippen LogP contribution in [0, 0.1) is 13.8 Å². The second-order valence-corrected chi connectivity index (χ2v) is 8.74. The average Bonchev–Trinajstić information content (AvgIpc) is 3.21. The molecule has 0 bridgehead atoms. The number of para-hydroxylation sites is 1. The topological polar surface area (TPSA) is 117 Å². The fraction of sp³-hybridized carbons (Fsp3) is 0.360. The summed E-state index contributed by atoms with van der Waals surface area (Å²) in [5, 5.41) is 9.66. The third-order valence-corrected chi connectivity index (χ3v) is 6.33. The van der Waals surface area contributed by atoms with Crippen molar-refractivity contribution in [1.82, 2.24) is 15.2 Å². The van der Waals surface area contributed by atoms with Gasteiger partial charge in [-0.25, -0.2) is 0 Å². The molecule has 0 aliphatic heterocycles. The maximum absolute atomic E-state index is 13.9. The second kappa shape index (κ2) is 9.44. The molecule has 4 rings (SSSR count). The standard InChI is InChI=1S/C25H30N6O2/c1-17-10-12-19(13-11-17)31(22(32)16-21-28-24(26)30-29-21)25(14-6-3-7-15-25)23(33)27-20-9-5-4-8-18(20)2/h4-5,8-13H,3,6-7,14-16H2,1-2H3,(H,27,33)(H3,26,28,29,30). The summed E-state index contributed by atoms with van der Waals surface area (Å²) in [5.74, 6) is 0.0728. The summed E-state index contributed by atoms with van der Waals surface area (Å²) in [6.45, 7) is 3.95. The predicted molar refractivity (Wildman–Crippen MR) is 129 cm³/mol. The Morgan fingerprint density at radius 2 is 1.76 bits per heavy atom. The van der Waals surface area contributed by atoms with E-state index >= 15 is 0 Å². The van der Waals surface area contributed by atoms with Crippen LogP contribution in [0.25, 0.3) is 0 Å². The number of amides is 2. The lowest BCUT2D eigenvalue weighted by Crippen LogP contribution is -2.61. The molecule has 1 saturated carbocycles. The molecule has 1 aliphatic rings. The van der Waals surface area contributed by atoms with Gasteiger partial charge in [0.15, 0.2) is 0 Å². The fourth-order valence-electron chi connectivity index (χ4n) is 4.58. The summed E-state index contributed by atoms with van der Waals surface area (Å²) in [4.78, 5) is 33.5. The number of aryl methyl sites for hydroxylation is 2. The van der Waals surface area contributed by atoms with Crippen LogP contribution in [0.1, 0.15) is 49.1 Å². The number of aromatic nitrogens is 3. The number of carbonyl (C=O) groups excluding carboxylic acids is 2. The Labute approximate surface area is 193 Å². The van der Waals surface area contributed by atoms with E-state index in [0.717, 1.165) is 36.1 Å². The minimum absolute atomic E-state index is 0.0303. The van der Waals surface area contributed by atoms with Gasteiger partial charge < -0.3 is 11.1 Å². The van der Waals surface area contributed by atoms with Gasteiger partial charge in [-0.1, -0.05) is 55.2 Å². The molecule has 1 fully saturated rings. The fourth-order valence-corrected chi connectivity index (χ4v) is 4.58. The van der Waals surface area contributed by atoms with E-state index in [1.807, 2.05) is 62.4 Å². The van der Waals surface area contributed by atoms with Gasteiger partial charge in [-0.2, -0.15) is 4.98 Å². The minimum Gasteiger partial charge on any atom is -0.367 e. The summed E-state index contributed by atoms with van der Waals surface area (Å²) >= 11 is 0. The highest BCUT2D eigenvalue weighted by molar-refractivity contribution is 6.08. The van der Waals surface area contributed by atoms with Crippen LogP contribution in [0.3, 0.4) is 0 Å². The molecule has 3 aromatic rings. The number of benzene rings is 2. The lowest BCUT2D eigenvalue weighted by molar-refractivity contribution is -0.128. The number of nitrogens with zero attached hydrogens (tertiary/aromatic N) is 3. The van der Waals surface area contributed by atoms with Crippen LogP contribution in [0.4, 0.5) is 17.3 Å². The molecular weight excluding hydrogens is 416 g/mol. The van der Waals surface area contributed by atoms with Gasteiger partial charge in [0.25, 0.3) is 5.91 Å². The molecule has 172 valence electrons. The van der Waals surface area contributed by atoms with Crippen molar-refractivity contribution in [3.63, 3.8) is 0 Å². The molecule has 1 aromatic heterocycles. The summed E-state index contributed by atoms with van der Waals surface area (Å²) < 4.78 is 0. The van der Waals surface area contributed by atoms with Crippen molar-refractivity contribution >= 4 is 29.1 Å². The van der Waals surface area contributed by atoms with E-state index in [9.17, 15) is 9.59 Å². The van der Waals surface area contributed by atoms with Crippen molar-refractivity contribution in [1.29, 1.82) is 0 Å². The van der Waals surface area contributed by atoms with Crippen molar-refractivity contribution in [2.45, 2.75) is 57.9 Å². The highest BCUT2D eigenvalue weighted by Crippen LogP contribution is 2.39. The molecule has 33 heavy (non-hydrogen) atoms. The smallest absolute Gasteiger partial charge is 0.250 e. The normalized spacial score (nSPS) is 15.1. The van der Waals surface area contributed by atoms with E-state index in [1.165, 1.54) is 0 Å². The molecule has 0 spiro atoms. The lowest BCUT2D eigenvalue weighted by Gasteiger charge is -2.45. The van der Waals surface area contributed by atoms with Gasteiger partial charge in [-0.15, -0.1) is 5.10 Å². The molecule has 0 unspecified atom stereocenters. The first kappa shape index (κ1) is 22.5. The van der Waals surface area contributed by atoms with Gasteiger partial charge >= 0.3 is 0 Å². The monoisotopic (exact) mass is 446 g/mol. The minimum atomic E-state index is -1.00. The van der Waals surface area contributed by atoms with Crippen molar-refractivity contribution in [3.8, 4) is 0 Å². The van der Waals surface area contributed by atoms with Crippen LogP contribution in [0.2, 0.25) is 0 Å². The molecule has 8 heteroatoms. The number of nitrogens with one attached hydrogen (secondary N) is 2. The Kier molecular flexibility index (Phi) is 6.44. The zero-order valence-corrected chi connectivity index (χ0v) is 19.1. The average molecular weight is 447 g/mol. The number of rotatable bonds is 6. The number of anilines is 3. The maximum atomic E-state index is 13.9. The molecule has 0 radical (unpaired) electrons. The zero-order valence-electron chi connectivity index (χ0n) is 19.1. The second-order valence-electron chi connectivity index (χ2n) is 8.74. The first-order valence-corrected chi connectivity index (χ1v) is 11.3. The van der Waals surface area contributed by atoms with Gasteiger partial charge in [0.05, 0.1) is 6.42 Å². The molecule has 2 aromatic carbocycles. The van der Waals surface area contributed by atoms with Crippen molar-refractivity contribution in [2.75, 3.05) is 16.0 Å². The molecule has 0 atom stereocenters. The maximum Gasteiger partial charge on any atom is 0.250 e. The van der Waals surface area contributed by atoms with E-state index in [-0.39, 0.29) is 24.2 Å². The van der Waals surface area contributed by atoms with Gasteiger partial charge in [0.1, 0.15) is 11.4 Å². The van der Waals surface area contributed by atoms with Gasteiger partial charge in [0.2, 0.25) is 11.9 Å². The third-order valence-electron chi connectivity index (χ3n) is 6.33. The highest BCUT2D eigenvalue weighted by atomic mass is 16.2. The Morgan fingerprint density at radius 1 is 1.06 bits per heavy atom. The van der Waals surface area contributed by atoms with E-state index < -0.39 is 5.54 Å². The van der Waals surface area contributed by atoms with Crippen molar-refractivity contribution in [2.24, 2.45) is 0 Å². The Balaban J connectivity index is 1.75. The van der Waals surface area contributed by atoms with Crippen molar-refractivity contribution in [3.05, 3.63) is 65.5 Å². The molecule has 2 amide bonds. The first-order valence-electron chi connectivity index (χ1n) is 11.3. The Hall–Kier alpha value is -3.68. The van der Waals surface area contributed by atoms with E-state index in [1.54, 1.807) is 4.90 Å². The van der Waals surface area contributed by atoms with Crippen LogP contribution >= 0.6 is 0 Å². The molecule has 1 heterocycles. The quantitative estimate of drug-likeness (QED) is 0.530. The number of nitrogens with two attached hydrogens (primary N) is 1. The molecule has 4 N–H and O–H groups in total. The highest BCUT2D eigenvalue weighted by Gasteiger charge is 2.48. The van der Waals surface area contributed by atoms with E-state index in [4.69, 9.17) is 5.73 Å². The van der Waals surface area contributed by atoms with Crippen LogP contribution in [-0.2, 0) is 16.0 Å². The number of hydrogen-bond acceptors (Lipinski definition) is 5. The van der Waals surface area contributed by atoms with Gasteiger partial charge in [0, 0.05) is 11.4 Å². The number of aromatic amines is 1. The largest absolute Gasteiger partial charge is 0.367 e. The summed E-state index contributed by atoms with van der Waals surface area (Å²) in [7, 11) is 0. The number of hydrogen-bond donors (Lipinski definition) is 3. The number of H-pyrrole nitrogens is 1. The van der Waals surface area contributed by atoms with Gasteiger partial charge in [-0.05, 0) is 50.5 Å². The van der Waals surface area contributed by atoms with Crippen LogP contribution < -0.4 is 16.0 Å². The molecule has 0 saturated heterocycles. The first-order chi connectivity index (χ1) is 15.9. The number of nitrogen functional groups attached to an aromatic ring is 1. The van der Waals surface area contributed by atoms with Crippen LogP contribution in [0.15, 0.2) is 48.5 Å². The Morgan fingerprint density at radius 3 is 2.39 bits per heavy atom. The van der Waals surface area contributed by atoms with Crippen molar-refractivity contribution < 1.29 is 9.59 Å².